The van der Waals surface area contributed by atoms with Crippen molar-refractivity contribution in [2.75, 3.05) is 0 Å². The minimum atomic E-state index is 0.611. The van der Waals surface area contributed by atoms with Crippen LogP contribution < -0.4 is 0 Å². The largest absolute Gasteiger partial charge is 0.0882 e. The Bertz CT molecular complexity index is 95.2. The van der Waals surface area contributed by atoms with Gasteiger partial charge in [-0.05, 0) is 18.8 Å². The standard InChI is InChI=1S/C10H18/c1-4-6-8-10(3)9-7-5-2/h6-10H,4-5H2,1-3H3/b8-6+,9-7+. The molecular weight excluding hydrogens is 120 g/mol. The van der Waals surface area contributed by atoms with Crippen molar-refractivity contribution in [2.45, 2.75) is 33.6 Å². The lowest BCUT2D eigenvalue weighted by Gasteiger charge is -1.94. The van der Waals surface area contributed by atoms with Gasteiger partial charge >= 0.3 is 0 Å². The number of hydrogen-bond acceptors (Lipinski definition) is 0. The van der Waals surface area contributed by atoms with Crippen LogP contribution in [0.1, 0.15) is 33.6 Å². The first-order valence-corrected chi connectivity index (χ1v) is 4.14. The van der Waals surface area contributed by atoms with E-state index in [1.54, 1.807) is 0 Å². The Kier molecular flexibility index (Phi) is 6.25. The molecule has 0 aromatic heterocycles. The zero-order valence-electron chi connectivity index (χ0n) is 7.30. The van der Waals surface area contributed by atoms with E-state index in [0.29, 0.717) is 5.92 Å². The minimum Gasteiger partial charge on any atom is -0.0882 e. The zero-order chi connectivity index (χ0) is 7.82. The van der Waals surface area contributed by atoms with Crippen molar-refractivity contribution >= 4 is 0 Å². The summed E-state index contributed by atoms with van der Waals surface area (Å²) in [4.78, 5) is 0. The van der Waals surface area contributed by atoms with Crippen LogP contribution in [-0.2, 0) is 0 Å². The monoisotopic (exact) mass is 138 g/mol. The van der Waals surface area contributed by atoms with Gasteiger partial charge in [-0.1, -0.05) is 45.1 Å². The van der Waals surface area contributed by atoms with Crippen LogP contribution in [0.5, 0.6) is 0 Å². The van der Waals surface area contributed by atoms with E-state index in [0.717, 1.165) is 12.8 Å². The van der Waals surface area contributed by atoms with Crippen molar-refractivity contribution in [1.82, 2.24) is 0 Å². The van der Waals surface area contributed by atoms with E-state index in [9.17, 15) is 0 Å². The molecule has 10 heavy (non-hydrogen) atoms. The molecule has 0 aromatic rings. The average molecular weight is 138 g/mol. The Balaban J connectivity index is 3.52. The van der Waals surface area contributed by atoms with Gasteiger partial charge in [-0.15, -0.1) is 0 Å². The van der Waals surface area contributed by atoms with Gasteiger partial charge < -0.3 is 0 Å². The molecule has 0 aliphatic rings. The molecule has 0 fully saturated rings. The summed E-state index contributed by atoms with van der Waals surface area (Å²) in [5, 5.41) is 0. The second kappa shape index (κ2) is 6.60. The first kappa shape index (κ1) is 9.48. The Morgan fingerprint density at radius 2 is 1.40 bits per heavy atom. The van der Waals surface area contributed by atoms with E-state index >= 15 is 0 Å². The zero-order valence-corrected chi connectivity index (χ0v) is 7.30. The first-order chi connectivity index (χ1) is 4.81. The fraction of sp³-hybridized carbons (Fsp3) is 0.600. The van der Waals surface area contributed by atoms with E-state index in [4.69, 9.17) is 0 Å². The van der Waals surface area contributed by atoms with Crippen molar-refractivity contribution in [3.8, 4) is 0 Å². The van der Waals surface area contributed by atoms with Crippen molar-refractivity contribution in [3.05, 3.63) is 24.3 Å². The predicted molar refractivity (Wildman–Crippen MR) is 48.0 cm³/mol. The molecule has 0 aliphatic carbocycles. The molecule has 0 spiro atoms. The molecule has 0 rings (SSSR count). The van der Waals surface area contributed by atoms with Crippen LogP contribution >= 0.6 is 0 Å². The van der Waals surface area contributed by atoms with E-state index in [-0.39, 0.29) is 0 Å². The molecule has 0 aromatic carbocycles. The van der Waals surface area contributed by atoms with Gasteiger partial charge in [0.25, 0.3) is 0 Å². The van der Waals surface area contributed by atoms with Crippen LogP contribution in [-0.4, -0.2) is 0 Å². The van der Waals surface area contributed by atoms with Gasteiger partial charge in [-0.3, -0.25) is 0 Å². The summed E-state index contributed by atoms with van der Waals surface area (Å²) in [5.74, 6) is 0.611. The quantitative estimate of drug-likeness (QED) is 0.521. The lowest BCUT2D eigenvalue weighted by atomic mass is 10.1. The highest BCUT2D eigenvalue weighted by atomic mass is 13.9. The molecule has 0 saturated heterocycles. The summed E-state index contributed by atoms with van der Waals surface area (Å²) >= 11 is 0. The third-order valence-corrected chi connectivity index (χ3v) is 1.35. The van der Waals surface area contributed by atoms with Crippen LogP contribution in [0.25, 0.3) is 0 Å². The minimum absolute atomic E-state index is 0.611. The Hall–Kier alpha value is -0.520. The van der Waals surface area contributed by atoms with Crippen molar-refractivity contribution in [1.29, 1.82) is 0 Å². The molecule has 0 atom stereocenters. The fourth-order valence-corrected chi connectivity index (χ4v) is 0.766. The SMILES string of the molecule is CC/C=C/C(C)/C=C/CC. The second-order valence-electron chi connectivity index (χ2n) is 2.53. The highest BCUT2D eigenvalue weighted by Gasteiger charge is 1.85. The van der Waals surface area contributed by atoms with Crippen molar-refractivity contribution < 1.29 is 0 Å². The maximum absolute atomic E-state index is 2.24. The van der Waals surface area contributed by atoms with Crippen molar-refractivity contribution in [3.63, 3.8) is 0 Å². The number of hydrogen-bond donors (Lipinski definition) is 0. The number of allylic oxidation sites excluding steroid dienone is 4. The molecule has 0 radical (unpaired) electrons. The van der Waals surface area contributed by atoms with Gasteiger partial charge in [0.1, 0.15) is 0 Å². The van der Waals surface area contributed by atoms with Crippen LogP contribution in [0.2, 0.25) is 0 Å². The third kappa shape index (κ3) is 5.61. The smallest absolute Gasteiger partial charge is 0.00819 e. The summed E-state index contributed by atoms with van der Waals surface area (Å²) in [6.07, 6.45) is 11.2. The van der Waals surface area contributed by atoms with Gasteiger partial charge in [-0.2, -0.15) is 0 Å². The molecule has 0 N–H and O–H groups in total. The normalized spacial score (nSPS) is 12.4. The molecule has 0 amide bonds. The van der Waals surface area contributed by atoms with E-state index in [1.165, 1.54) is 0 Å². The van der Waals surface area contributed by atoms with Gasteiger partial charge in [0.05, 0.1) is 0 Å². The van der Waals surface area contributed by atoms with Crippen LogP contribution in [0.4, 0.5) is 0 Å². The highest BCUT2D eigenvalue weighted by Crippen LogP contribution is 2.00. The van der Waals surface area contributed by atoms with Gasteiger partial charge in [0, 0.05) is 0 Å². The molecular formula is C10H18. The maximum Gasteiger partial charge on any atom is -0.00819 e. The second-order valence-corrected chi connectivity index (χ2v) is 2.53. The molecule has 0 heterocycles. The Morgan fingerprint density at radius 1 is 1.00 bits per heavy atom. The van der Waals surface area contributed by atoms with Crippen molar-refractivity contribution in [2.24, 2.45) is 5.92 Å². The summed E-state index contributed by atoms with van der Waals surface area (Å²) < 4.78 is 0. The van der Waals surface area contributed by atoms with Crippen LogP contribution in [0.15, 0.2) is 24.3 Å². The van der Waals surface area contributed by atoms with Gasteiger partial charge in [0.2, 0.25) is 0 Å². The molecule has 0 heteroatoms. The number of rotatable bonds is 4. The predicted octanol–water partition coefficient (Wildman–Crippen LogP) is 3.55. The van der Waals surface area contributed by atoms with E-state index < -0.39 is 0 Å². The molecule has 58 valence electrons. The van der Waals surface area contributed by atoms with Crippen LogP contribution in [0.3, 0.4) is 0 Å². The van der Waals surface area contributed by atoms with Crippen LogP contribution in [0, 0.1) is 5.92 Å². The first-order valence-electron chi connectivity index (χ1n) is 4.14. The Morgan fingerprint density at radius 3 is 1.70 bits per heavy atom. The average Bonchev–Trinajstić information content (AvgIpc) is 1.97. The molecule has 0 unspecified atom stereocenters. The maximum atomic E-state index is 2.24. The molecule has 0 aliphatic heterocycles. The summed E-state index contributed by atoms with van der Waals surface area (Å²) in [5.41, 5.74) is 0. The fourth-order valence-electron chi connectivity index (χ4n) is 0.766. The summed E-state index contributed by atoms with van der Waals surface area (Å²) in [7, 11) is 0. The summed E-state index contributed by atoms with van der Waals surface area (Å²) in [6, 6.07) is 0. The molecule has 0 bridgehead atoms. The van der Waals surface area contributed by atoms with Gasteiger partial charge in [0.15, 0.2) is 0 Å². The lowest BCUT2D eigenvalue weighted by molar-refractivity contribution is 0.921. The molecule has 0 nitrogen and oxygen atoms in total. The van der Waals surface area contributed by atoms with E-state index in [2.05, 4.69) is 45.1 Å². The Labute approximate surface area is 64.6 Å². The topological polar surface area (TPSA) is 0 Å². The third-order valence-electron chi connectivity index (χ3n) is 1.35. The van der Waals surface area contributed by atoms with E-state index in [1.807, 2.05) is 0 Å². The summed E-state index contributed by atoms with van der Waals surface area (Å²) in [6.45, 7) is 6.53. The van der Waals surface area contributed by atoms with Gasteiger partial charge in [-0.25, -0.2) is 0 Å². The molecule has 0 saturated carbocycles. The highest BCUT2D eigenvalue weighted by molar-refractivity contribution is 4.97. The lowest BCUT2D eigenvalue weighted by Crippen LogP contribution is -1.80.